The number of rotatable bonds is 6. The maximum atomic E-state index is 5.98. The molecule has 102 valence electrons. The molecule has 17 heavy (non-hydrogen) atoms. The van der Waals surface area contributed by atoms with Crippen molar-refractivity contribution in [2.75, 3.05) is 6.54 Å². The zero-order valence-corrected chi connectivity index (χ0v) is 12.4. The molecule has 0 aromatic heterocycles. The van der Waals surface area contributed by atoms with Crippen LogP contribution >= 0.6 is 0 Å². The largest absolute Gasteiger partial charge is 0.330 e. The van der Waals surface area contributed by atoms with Gasteiger partial charge in [-0.05, 0) is 55.4 Å². The van der Waals surface area contributed by atoms with Crippen LogP contribution < -0.4 is 5.73 Å². The van der Waals surface area contributed by atoms with E-state index in [1.54, 1.807) is 0 Å². The van der Waals surface area contributed by atoms with Crippen LogP contribution in [0.25, 0.3) is 0 Å². The summed E-state index contributed by atoms with van der Waals surface area (Å²) in [6.07, 6.45) is 8.42. The van der Waals surface area contributed by atoms with E-state index in [2.05, 4.69) is 27.7 Å². The Morgan fingerprint density at radius 3 is 2.41 bits per heavy atom. The molecule has 0 bridgehead atoms. The van der Waals surface area contributed by atoms with E-state index in [0.29, 0.717) is 0 Å². The molecule has 4 unspecified atom stereocenters. The first kappa shape index (κ1) is 15.0. The minimum Gasteiger partial charge on any atom is -0.330 e. The summed E-state index contributed by atoms with van der Waals surface area (Å²) in [6.45, 7) is 10.4. The van der Waals surface area contributed by atoms with E-state index >= 15 is 0 Å². The van der Waals surface area contributed by atoms with Crippen molar-refractivity contribution in [3.8, 4) is 0 Å². The summed E-state index contributed by atoms with van der Waals surface area (Å²) in [5, 5.41) is 0. The van der Waals surface area contributed by atoms with Gasteiger partial charge in [-0.25, -0.2) is 0 Å². The smallest absolute Gasteiger partial charge is 0.00461 e. The Labute approximate surface area is 109 Å². The molecule has 1 fully saturated rings. The van der Waals surface area contributed by atoms with Crippen molar-refractivity contribution in [1.82, 2.24) is 0 Å². The van der Waals surface area contributed by atoms with Crippen LogP contribution in [0.3, 0.4) is 0 Å². The van der Waals surface area contributed by atoms with Crippen molar-refractivity contribution >= 4 is 0 Å². The van der Waals surface area contributed by atoms with Crippen LogP contribution in [0.4, 0.5) is 0 Å². The van der Waals surface area contributed by atoms with Crippen LogP contribution in [0.5, 0.6) is 0 Å². The van der Waals surface area contributed by atoms with Gasteiger partial charge in [0.25, 0.3) is 0 Å². The third kappa shape index (κ3) is 4.62. The van der Waals surface area contributed by atoms with Gasteiger partial charge < -0.3 is 5.73 Å². The summed E-state index contributed by atoms with van der Waals surface area (Å²) < 4.78 is 0. The van der Waals surface area contributed by atoms with Crippen LogP contribution in [0.15, 0.2) is 0 Å². The quantitative estimate of drug-likeness (QED) is 0.727. The number of hydrogen-bond donors (Lipinski definition) is 1. The first-order valence-electron chi connectivity index (χ1n) is 7.78. The van der Waals surface area contributed by atoms with E-state index in [9.17, 15) is 0 Å². The fraction of sp³-hybridized carbons (Fsp3) is 1.00. The molecule has 0 aromatic carbocycles. The fourth-order valence-electron chi connectivity index (χ4n) is 3.94. The molecule has 0 spiro atoms. The third-order valence-electron chi connectivity index (χ3n) is 4.73. The van der Waals surface area contributed by atoms with E-state index in [1.807, 2.05) is 0 Å². The molecule has 0 amide bonds. The molecular weight excluding hydrogens is 206 g/mol. The molecule has 0 radical (unpaired) electrons. The van der Waals surface area contributed by atoms with E-state index in [0.717, 1.165) is 36.1 Å². The molecule has 1 aliphatic rings. The van der Waals surface area contributed by atoms with Gasteiger partial charge in [0.05, 0.1) is 0 Å². The summed E-state index contributed by atoms with van der Waals surface area (Å²) >= 11 is 0. The first-order chi connectivity index (χ1) is 8.08. The third-order valence-corrected chi connectivity index (χ3v) is 4.73. The Balaban J connectivity index is 2.55. The Morgan fingerprint density at radius 1 is 1.18 bits per heavy atom. The standard InChI is InChI=1S/C16H33N/c1-5-6-14-7-8-15(11-17)16(10-14)13(4)9-12(2)3/h12-16H,5-11,17H2,1-4H3. The van der Waals surface area contributed by atoms with Gasteiger partial charge in [-0.3, -0.25) is 0 Å². The molecule has 0 saturated heterocycles. The Hall–Kier alpha value is -0.0400. The van der Waals surface area contributed by atoms with E-state index < -0.39 is 0 Å². The zero-order valence-electron chi connectivity index (χ0n) is 12.4. The Bertz CT molecular complexity index is 200. The highest BCUT2D eigenvalue weighted by molar-refractivity contribution is 4.84. The normalized spacial score (nSPS) is 31.8. The van der Waals surface area contributed by atoms with Crippen molar-refractivity contribution in [1.29, 1.82) is 0 Å². The maximum absolute atomic E-state index is 5.98. The van der Waals surface area contributed by atoms with Crippen LogP contribution in [-0.4, -0.2) is 6.54 Å². The Kier molecular flexibility index (Phi) is 6.54. The maximum Gasteiger partial charge on any atom is -0.00461 e. The summed E-state index contributed by atoms with van der Waals surface area (Å²) in [5.74, 6) is 4.38. The second-order valence-electron chi connectivity index (χ2n) is 6.73. The van der Waals surface area contributed by atoms with E-state index in [4.69, 9.17) is 5.73 Å². The van der Waals surface area contributed by atoms with Crippen molar-refractivity contribution in [2.45, 2.75) is 66.2 Å². The van der Waals surface area contributed by atoms with Crippen molar-refractivity contribution in [2.24, 2.45) is 35.3 Å². The van der Waals surface area contributed by atoms with Gasteiger partial charge in [0.15, 0.2) is 0 Å². The lowest BCUT2D eigenvalue weighted by Crippen LogP contribution is -2.34. The summed E-state index contributed by atoms with van der Waals surface area (Å²) in [6, 6.07) is 0. The molecular formula is C16H33N. The zero-order chi connectivity index (χ0) is 12.8. The molecule has 1 heteroatoms. The van der Waals surface area contributed by atoms with Gasteiger partial charge in [-0.15, -0.1) is 0 Å². The van der Waals surface area contributed by atoms with Crippen molar-refractivity contribution in [3.05, 3.63) is 0 Å². The first-order valence-corrected chi connectivity index (χ1v) is 7.78. The highest BCUT2D eigenvalue weighted by Crippen LogP contribution is 2.41. The second-order valence-corrected chi connectivity index (χ2v) is 6.73. The van der Waals surface area contributed by atoms with Crippen molar-refractivity contribution < 1.29 is 0 Å². The van der Waals surface area contributed by atoms with E-state index in [-0.39, 0.29) is 0 Å². The van der Waals surface area contributed by atoms with Crippen LogP contribution in [-0.2, 0) is 0 Å². The van der Waals surface area contributed by atoms with E-state index in [1.165, 1.54) is 38.5 Å². The average molecular weight is 239 g/mol. The lowest BCUT2D eigenvalue weighted by molar-refractivity contribution is 0.116. The molecule has 1 saturated carbocycles. The summed E-state index contributed by atoms with van der Waals surface area (Å²) in [5.41, 5.74) is 5.98. The molecule has 4 atom stereocenters. The topological polar surface area (TPSA) is 26.0 Å². The van der Waals surface area contributed by atoms with Gasteiger partial charge in [-0.2, -0.15) is 0 Å². The van der Waals surface area contributed by atoms with Gasteiger partial charge in [0.1, 0.15) is 0 Å². The number of hydrogen-bond acceptors (Lipinski definition) is 1. The molecule has 1 rings (SSSR count). The molecule has 0 aromatic rings. The van der Waals surface area contributed by atoms with Crippen molar-refractivity contribution in [3.63, 3.8) is 0 Å². The van der Waals surface area contributed by atoms with Gasteiger partial charge in [0, 0.05) is 0 Å². The lowest BCUT2D eigenvalue weighted by atomic mass is 9.67. The van der Waals surface area contributed by atoms with Gasteiger partial charge >= 0.3 is 0 Å². The Morgan fingerprint density at radius 2 is 1.88 bits per heavy atom. The minimum absolute atomic E-state index is 0.803. The minimum atomic E-state index is 0.803. The monoisotopic (exact) mass is 239 g/mol. The van der Waals surface area contributed by atoms with Crippen LogP contribution in [0.2, 0.25) is 0 Å². The summed E-state index contributed by atoms with van der Waals surface area (Å²) in [7, 11) is 0. The SMILES string of the molecule is CCCC1CCC(CN)C(C(C)CC(C)C)C1. The molecule has 1 aliphatic carbocycles. The van der Waals surface area contributed by atoms with Gasteiger partial charge in [0.2, 0.25) is 0 Å². The lowest BCUT2D eigenvalue weighted by Gasteiger charge is -2.39. The fourth-order valence-corrected chi connectivity index (χ4v) is 3.94. The van der Waals surface area contributed by atoms with Gasteiger partial charge in [-0.1, -0.05) is 47.0 Å². The molecule has 1 nitrogen and oxygen atoms in total. The molecule has 0 aliphatic heterocycles. The molecule has 0 heterocycles. The average Bonchev–Trinajstić information content (AvgIpc) is 2.28. The highest BCUT2D eigenvalue weighted by atomic mass is 14.6. The van der Waals surface area contributed by atoms with Crippen LogP contribution in [0.1, 0.15) is 66.2 Å². The second kappa shape index (κ2) is 7.41. The molecule has 2 N–H and O–H groups in total. The predicted octanol–water partition coefficient (Wildman–Crippen LogP) is 4.46. The summed E-state index contributed by atoms with van der Waals surface area (Å²) in [4.78, 5) is 0. The predicted molar refractivity (Wildman–Crippen MR) is 76.9 cm³/mol. The van der Waals surface area contributed by atoms with Crippen LogP contribution in [0, 0.1) is 29.6 Å². The highest BCUT2D eigenvalue weighted by Gasteiger charge is 2.32. The number of nitrogens with two attached hydrogens (primary N) is 1.